The van der Waals surface area contributed by atoms with Gasteiger partial charge in [-0.25, -0.2) is 19.4 Å². The number of hydrogen-bond acceptors (Lipinski definition) is 12. The second kappa shape index (κ2) is 18.7. The van der Waals surface area contributed by atoms with Gasteiger partial charge in [-0.1, -0.05) is 19.1 Å². The molecule has 0 spiro atoms. The van der Waals surface area contributed by atoms with Crippen LogP contribution in [0.3, 0.4) is 0 Å². The van der Waals surface area contributed by atoms with E-state index in [1.54, 1.807) is 17.3 Å². The molecule has 63 heavy (non-hydrogen) atoms. The highest BCUT2D eigenvalue weighted by Gasteiger charge is 2.25. The minimum absolute atomic E-state index is 0.103. The molecule has 8 aromatic rings. The third-order valence-corrected chi connectivity index (χ3v) is 11.3. The lowest BCUT2D eigenvalue weighted by molar-refractivity contribution is -0.0365. The topological polar surface area (TPSA) is 175 Å². The number of aromatic nitrogens is 8. The zero-order valence-electron chi connectivity index (χ0n) is 36.9. The summed E-state index contributed by atoms with van der Waals surface area (Å²) in [7, 11) is 0. The number of pyridine rings is 2. The van der Waals surface area contributed by atoms with Crippen molar-refractivity contribution in [1.82, 2.24) is 50.1 Å². The molecule has 1 unspecified atom stereocenters. The van der Waals surface area contributed by atoms with Crippen molar-refractivity contribution in [3.8, 4) is 45.2 Å². The highest BCUT2D eigenvalue weighted by molar-refractivity contribution is 5.96. The number of benzene rings is 2. The third kappa shape index (κ3) is 9.39. The van der Waals surface area contributed by atoms with E-state index in [9.17, 15) is 4.79 Å². The summed E-state index contributed by atoms with van der Waals surface area (Å²) in [5, 5.41) is 17.7. The van der Waals surface area contributed by atoms with Crippen LogP contribution in [0, 0.1) is 13.8 Å². The number of amides is 1. The highest BCUT2D eigenvalue weighted by atomic mass is 16.6. The van der Waals surface area contributed by atoms with Crippen LogP contribution in [0.4, 0.5) is 4.79 Å². The van der Waals surface area contributed by atoms with E-state index in [1.165, 1.54) is 23.9 Å². The molecule has 2 aromatic carbocycles. The summed E-state index contributed by atoms with van der Waals surface area (Å²) in [4.78, 5) is 31.5. The Bertz CT molecular complexity index is 2800. The Labute approximate surface area is 366 Å². The Morgan fingerprint density at radius 2 is 1.51 bits per heavy atom. The maximum atomic E-state index is 12.7. The first-order valence-corrected chi connectivity index (χ1v) is 21.5. The number of oxazole rings is 2. The predicted octanol–water partition coefficient (Wildman–Crippen LogP) is 10.2. The number of nitrogens with zero attached hydrogens (tertiary/aromatic N) is 8. The summed E-state index contributed by atoms with van der Waals surface area (Å²) in [5.41, 5.74) is 11.6. The predicted molar refractivity (Wildman–Crippen MR) is 241 cm³/mol. The molecule has 15 nitrogen and oxygen atoms in total. The number of carbonyl (C=O) groups excluding carboxylic acids is 1. The van der Waals surface area contributed by atoms with Crippen molar-refractivity contribution in [1.29, 1.82) is 0 Å². The van der Waals surface area contributed by atoms with E-state index in [1.807, 2.05) is 63.2 Å². The van der Waals surface area contributed by atoms with E-state index in [0.717, 1.165) is 106 Å². The second-order valence-electron chi connectivity index (χ2n) is 16.6. The summed E-state index contributed by atoms with van der Waals surface area (Å²) >= 11 is 0. The first-order valence-electron chi connectivity index (χ1n) is 21.5. The van der Waals surface area contributed by atoms with E-state index < -0.39 is 5.60 Å². The molecule has 326 valence electrons. The van der Waals surface area contributed by atoms with Crippen molar-refractivity contribution in [3.05, 3.63) is 109 Å². The Morgan fingerprint density at radius 3 is 2.14 bits per heavy atom. The summed E-state index contributed by atoms with van der Waals surface area (Å²) in [6.45, 7) is 17.3. The fourth-order valence-electron chi connectivity index (χ4n) is 7.82. The number of hydrogen-bond donors (Lipinski definition) is 2. The molecule has 0 radical (unpaired) electrons. The lowest BCUT2D eigenvalue weighted by Gasteiger charge is -2.27. The number of rotatable bonds is 11. The molecular formula is C48H54N10O5. The number of nitrogens with one attached hydrogen (secondary N) is 2. The fraction of sp³-hybridized carbons (Fsp3) is 0.354. The quantitative estimate of drug-likeness (QED) is 0.126. The Balaban J connectivity index is 0.000000188. The summed E-state index contributed by atoms with van der Waals surface area (Å²) in [5.74, 6) is 1.26. The molecule has 0 aliphatic carbocycles. The molecule has 1 aliphatic heterocycles. The van der Waals surface area contributed by atoms with Crippen LogP contribution in [0.1, 0.15) is 82.4 Å². The molecule has 6 aromatic heterocycles. The molecule has 7 heterocycles. The summed E-state index contributed by atoms with van der Waals surface area (Å²) in [6.07, 6.45) is 16.4. The lowest BCUT2D eigenvalue weighted by atomic mass is 9.97. The molecule has 2 N–H and O–H groups in total. The fourth-order valence-corrected chi connectivity index (χ4v) is 7.82. The van der Waals surface area contributed by atoms with Crippen molar-refractivity contribution in [2.75, 3.05) is 19.7 Å². The van der Waals surface area contributed by atoms with E-state index in [2.05, 4.69) is 86.6 Å². The van der Waals surface area contributed by atoms with Crippen LogP contribution in [0.25, 0.3) is 67.0 Å². The average molecular weight is 851 g/mol. The van der Waals surface area contributed by atoms with Crippen LogP contribution in [0.15, 0.2) is 95.2 Å². The van der Waals surface area contributed by atoms with Crippen molar-refractivity contribution in [2.45, 2.75) is 92.6 Å². The minimum Gasteiger partial charge on any atom is -0.444 e. The van der Waals surface area contributed by atoms with Gasteiger partial charge in [-0.2, -0.15) is 10.2 Å². The number of H-pyrrole nitrogens is 1. The monoisotopic (exact) mass is 850 g/mol. The number of ether oxygens (including phenoxy) is 2. The largest absolute Gasteiger partial charge is 0.444 e. The van der Waals surface area contributed by atoms with Gasteiger partial charge in [0.15, 0.2) is 30.5 Å². The maximum Gasteiger partial charge on any atom is 0.410 e. The van der Waals surface area contributed by atoms with Gasteiger partial charge in [0.25, 0.3) is 0 Å². The molecule has 15 heteroatoms. The zero-order chi connectivity index (χ0) is 44.1. The van der Waals surface area contributed by atoms with Gasteiger partial charge in [-0.15, -0.1) is 0 Å². The van der Waals surface area contributed by atoms with Crippen molar-refractivity contribution in [2.24, 2.45) is 0 Å². The molecule has 0 saturated carbocycles. The van der Waals surface area contributed by atoms with Crippen molar-refractivity contribution in [3.63, 3.8) is 0 Å². The molecule has 9 rings (SSSR count). The van der Waals surface area contributed by atoms with Crippen LogP contribution in [0.2, 0.25) is 0 Å². The van der Waals surface area contributed by atoms with E-state index >= 15 is 0 Å². The number of fused-ring (bicyclic) bond motifs is 2. The van der Waals surface area contributed by atoms with Gasteiger partial charge in [0, 0.05) is 66.4 Å². The first kappa shape index (κ1) is 43.0. The molecule has 0 bridgehead atoms. The summed E-state index contributed by atoms with van der Waals surface area (Å²) < 4.78 is 24.7. The van der Waals surface area contributed by atoms with Crippen molar-refractivity contribution >= 4 is 27.9 Å². The minimum atomic E-state index is -0.552. The van der Waals surface area contributed by atoms with Gasteiger partial charge in [0.2, 0.25) is 0 Å². The van der Waals surface area contributed by atoms with Crippen LogP contribution in [-0.4, -0.2) is 76.2 Å². The smallest absolute Gasteiger partial charge is 0.410 e. The maximum absolute atomic E-state index is 12.7. The van der Waals surface area contributed by atoms with Gasteiger partial charge < -0.3 is 28.5 Å². The van der Waals surface area contributed by atoms with E-state index in [-0.39, 0.29) is 12.3 Å². The Hall–Kier alpha value is -6.71. The molecule has 1 amide bonds. The summed E-state index contributed by atoms with van der Waals surface area (Å²) in [6, 6.07) is 12.5. The molecule has 1 saturated heterocycles. The van der Waals surface area contributed by atoms with Gasteiger partial charge in [0.1, 0.15) is 17.0 Å². The van der Waals surface area contributed by atoms with Gasteiger partial charge in [0.05, 0.1) is 30.0 Å². The van der Waals surface area contributed by atoms with E-state index in [0.29, 0.717) is 24.6 Å². The van der Waals surface area contributed by atoms with Gasteiger partial charge in [-0.3, -0.25) is 15.1 Å². The third-order valence-electron chi connectivity index (χ3n) is 11.3. The zero-order valence-corrected chi connectivity index (χ0v) is 36.9. The molecule has 1 atom stereocenters. The van der Waals surface area contributed by atoms with E-state index in [4.69, 9.17) is 23.4 Å². The Kier molecular flexibility index (Phi) is 12.8. The molecule has 1 fully saturated rings. The Morgan fingerprint density at radius 1 is 0.841 bits per heavy atom. The van der Waals surface area contributed by atoms with Crippen LogP contribution < -0.4 is 5.32 Å². The highest BCUT2D eigenvalue weighted by Crippen LogP contribution is 2.37. The number of aromatic amines is 1. The first-order chi connectivity index (χ1) is 30.5. The van der Waals surface area contributed by atoms with Gasteiger partial charge >= 0.3 is 6.09 Å². The standard InChI is InChI=1S/C29H35N5O4.C19H19N5O/c1-6-33(28(35)38-29(3,4)5)17-21-14-30-15-23(19(21)2)20-10-11-24-22(13-20)27(25-16-31-18-37-25)32-34(24)26-9-7-8-12-36-26;1-3-20-7-14-8-21-9-16(12(14)2)13-4-5-17-15(6-13)19(24-23-17)18-10-22-11-25-18/h10-11,13-16,18,26H,6-9,12,17H2,1-5H3;4-6,8-11,20H,3,7H2,1-2H3,(H,23,24). The second-order valence-corrected chi connectivity index (χ2v) is 16.6. The van der Waals surface area contributed by atoms with Crippen LogP contribution in [-0.2, 0) is 22.6 Å². The normalized spacial score (nSPS) is 14.2. The van der Waals surface area contributed by atoms with Crippen molar-refractivity contribution < 1.29 is 23.1 Å². The van der Waals surface area contributed by atoms with Crippen LogP contribution in [0.5, 0.6) is 0 Å². The average Bonchev–Trinajstić information content (AvgIpc) is 4.13. The number of carbonyl (C=O) groups is 1. The van der Waals surface area contributed by atoms with Gasteiger partial charge in [-0.05, 0) is 125 Å². The molecular weight excluding hydrogens is 797 g/mol. The van der Waals surface area contributed by atoms with Crippen LogP contribution >= 0.6 is 0 Å². The molecule has 1 aliphatic rings. The lowest BCUT2D eigenvalue weighted by Crippen LogP contribution is -2.36. The SMILES string of the molecule is CCN(Cc1cncc(-c2ccc3c(c2)c(-c2cnco2)nn3C2CCCCO2)c1C)C(=O)OC(C)(C)C.CCNCc1cncc(-c2ccc3[nH]nc(-c4cnco4)c3c2)c1C.